The molecule has 0 amide bonds. The fraction of sp³-hybridized carbons (Fsp3) is 0.400. The van der Waals surface area contributed by atoms with Crippen molar-refractivity contribution in [1.29, 1.82) is 0 Å². The largest absolute Gasteiger partial charge is 0.286 e. The van der Waals surface area contributed by atoms with Crippen LogP contribution in [0.15, 0.2) is 70.5 Å². The lowest BCUT2D eigenvalue weighted by molar-refractivity contribution is 0.478. The van der Waals surface area contributed by atoms with E-state index in [-0.39, 0.29) is 10.5 Å². The van der Waals surface area contributed by atoms with E-state index in [1.54, 1.807) is 11.8 Å². The Morgan fingerprint density at radius 2 is 1.19 bits per heavy atom. The summed E-state index contributed by atoms with van der Waals surface area (Å²) in [5, 5.41) is 0. The average Bonchev–Trinajstić information content (AvgIpc) is 2.59. The van der Waals surface area contributed by atoms with Crippen LogP contribution >= 0.6 is 11.8 Å². The lowest BCUT2D eigenvalue weighted by atomic mass is 10.1. The molecule has 26 heavy (non-hydrogen) atoms. The number of hydrogen-bond acceptors (Lipinski definition) is 3. The van der Waals surface area contributed by atoms with Crippen LogP contribution in [-0.2, 0) is 10.1 Å². The maximum atomic E-state index is 10.3. The molecule has 0 unspecified atom stereocenters. The third-order valence-electron chi connectivity index (χ3n) is 3.48. The van der Waals surface area contributed by atoms with E-state index in [4.69, 9.17) is 4.55 Å². The average molecular weight is 401 g/mol. The first kappa shape index (κ1) is 24.6. The molecule has 2 aromatic carbocycles. The van der Waals surface area contributed by atoms with Crippen molar-refractivity contribution in [3.8, 4) is 0 Å². The van der Waals surface area contributed by atoms with Crippen LogP contribution in [0.3, 0.4) is 0 Å². The summed E-state index contributed by atoms with van der Waals surface area (Å²) in [6.45, 7) is 2.14. The van der Waals surface area contributed by atoms with Gasteiger partial charge in [0, 0.05) is 9.79 Å². The summed E-state index contributed by atoms with van der Waals surface area (Å²) in [7, 11) is -3.72. The zero-order valence-electron chi connectivity index (χ0n) is 15.2. The topological polar surface area (TPSA) is 54.4 Å². The smallest absolute Gasteiger partial charge is 0.264 e. The SMILES string of the molecule is CCCCCCCCS(=O)(=O)O.F.c1ccc(Sc2ccccc2)cc1. The van der Waals surface area contributed by atoms with Gasteiger partial charge in [-0.15, -0.1) is 0 Å². The van der Waals surface area contributed by atoms with Gasteiger partial charge in [-0.05, 0) is 30.7 Å². The lowest BCUT2D eigenvalue weighted by Gasteiger charge is -1.99. The van der Waals surface area contributed by atoms with E-state index in [2.05, 4.69) is 55.5 Å². The van der Waals surface area contributed by atoms with Crippen LogP contribution in [0.1, 0.15) is 45.4 Å². The van der Waals surface area contributed by atoms with Gasteiger partial charge < -0.3 is 0 Å². The van der Waals surface area contributed by atoms with E-state index in [1.807, 2.05) is 12.1 Å². The molecule has 6 heteroatoms. The Hall–Kier alpha value is -1.37. The van der Waals surface area contributed by atoms with Crippen molar-refractivity contribution in [1.82, 2.24) is 0 Å². The molecule has 0 aliphatic rings. The summed E-state index contributed by atoms with van der Waals surface area (Å²) in [5.41, 5.74) is 0. The van der Waals surface area contributed by atoms with Crippen LogP contribution in [0.25, 0.3) is 0 Å². The predicted molar refractivity (Wildman–Crippen MR) is 109 cm³/mol. The van der Waals surface area contributed by atoms with Crippen molar-refractivity contribution in [3.05, 3.63) is 60.7 Å². The standard InChI is InChI=1S/C12H10S.C8H18O3S.FH/c1-3-7-11(8-4-1)13-12-9-5-2-6-10-12;1-2-3-4-5-6-7-8-12(9,10)11;/h1-10H;2-8H2,1H3,(H,9,10,11);1H. The van der Waals surface area contributed by atoms with Crippen LogP contribution in [0, 0.1) is 0 Å². The summed E-state index contributed by atoms with van der Waals surface area (Å²) >= 11 is 1.79. The molecular formula is C20H29FO3S2. The summed E-state index contributed by atoms with van der Waals surface area (Å²) < 4.78 is 28.9. The zero-order valence-corrected chi connectivity index (χ0v) is 16.8. The first-order valence-electron chi connectivity index (χ1n) is 8.74. The van der Waals surface area contributed by atoms with Crippen LogP contribution in [0.5, 0.6) is 0 Å². The first-order valence-corrected chi connectivity index (χ1v) is 11.2. The van der Waals surface area contributed by atoms with Gasteiger partial charge in [-0.3, -0.25) is 9.26 Å². The van der Waals surface area contributed by atoms with Gasteiger partial charge >= 0.3 is 0 Å². The molecule has 0 radical (unpaired) electrons. The van der Waals surface area contributed by atoms with Gasteiger partial charge in [-0.1, -0.05) is 87.2 Å². The number of unbranched alkanes of at least 4 members (excludes halogenated alkanes) is 5. The third kappa shape index (κ3) is 13.9. The minimum atomic E-state index is -3.72. The van der Waals surface area contributed by atoms with Crippen LogP contribution in [0.4, 0.5) is 4.70 Å². The maximum Gasteiger partial charge on any atom is 0.264 e. The molecule has 1 N–H and O–H groups in total. The van der Waals surface area contributed by atoms with E-state index >= 15 is 0 Å². The summed E-state index contributed by atoms with van der Waals surface area (Å²) in [4.78, 5) is 2.57. The van der Waals surface area contributed by atoms with Crippen molar-refractivity contribution >= 4 is 21.9 Å². The Balaban J connectivity index is 0.000000466. The molecule has 3 nitrogen and oxygen atoms in total. The number of rotatable bonds is 9. The second-order valence-electron chi connectivity index (χ2n) is 5.78. The van der Waals surface area contributed by atoms with Crippen LogP contribution in [0.2, 0.25) is 0 Å². The monoisotopic (exact) mass is 400 g/mol. The molecule has 2 aromatic rings. The Bertz CT molecular complexity index is 624. The maximum absolute atomic E-state index is 10.3. The fourth-order valence-electron chi connectivity index (χ4n) is 2.18. The van der Waals surface area contributed by atoms with E-state index in [9.17, 15) is 8.42 Å². The number of hydrogen-bond donors (Lipinski definition) is 1. The normalized spacial score (nSPS) is 10.4. The number of halogens is 1. The minimum absolute atomic E-state index is 0. The first-order chi connectivity index (χ1) is 12.0. The molecular weight excluding hydrogens is 371 g/mol. The molecule has 0 saturated carbocycles. The molecule has 0 bridgehead atoms. The third-order valence-corrected chi connectivity index (χ3v) is 5.30. The highest BCUT2D eigenvalue weighted by atomic mass is 32.2. The molecule has 0 saturated heterocycles. The van der Waals surface area contributed by atoms with E-state index < -0.39 is 10.1 Å². The summed E-state index contributed by atoms with van der Waals surface area (Å²) in [6.07, 6.45) is 6.14. The lowest BCUT2D eigenvalue weighted by Crippen LogP contribution is -2.03. The summed E-state index contributed by atoms with van der Waals surface area (Å²) in [6, 6.07) is 20.8. The summed E-state index contributed by atoms with van der Waals surface area (Å²) in [5.74, 6) is -0.0842. The molecule has 146 valence electrons. The van der Waals surface area contributed by atoms with Gasteiger partial charge in [-0.25, -0.2) is 0 Å². The molecule has 0 fully saturated rings. The quantitative estimate of drug-likeness (QED) is 0.401. The van der Waals surface area contributed by atoms with Gasteiger partial charge in [0.25, 0.3) is 10.1 Å². The highest BCUT2D eigenvalue weighted by molar-refractivity contribution is 7.99. The predicted octanol–water partition coefficient (Wildman–Crippen LogP) is 6.23. The highest BCUT2D eigenvalue weighted by Crippen LogP contribution is 2.26. The Kier molecular flexibility index (Phi) is 14.0. The zero-order chi connectivity index (χ0) is 18.4. The molecule has 0 aliphatic heterocycles. The molecule has 0 spiro atoms. The van der Waals surface area contributed by atoms with Crippen molar-refractivity contribution in [2.45, 2.75) is 55.2 Å². The second kappa shape index (κ2) is 14.8. The number of benzene rings is 2. The van der Waals surface area contributed by atoms with Gasteiger partial charge in [-0.2, -0.15) is 8.42 Å². The van der Waals surface area contributed by atoms with Gasteiger partial charge in [0.15, 0.2) is 0 Å². The Labute approximate surface area is 161 Å². The van der Waals surface area contributed by atoms with E-state index in [1.165, 1.54) is 29.1 Å². The van der Waals surface area contributed by atoms with Crippen LogP contribution < -0.4 is 0 Å². The van der Waals surface area contributed by atoms with Crippen molar-refractivity contribution in [2.24, 2.45) is 0 Å². The highest BCUT2D eigenvalue weighted by Gasteiger charge is 2.02. The van der Waals surface area contributed by atoms with Gasteiger partial charge in [0.05, 0.1) is 5.75 Å². The molecule has 0 aromatic heterocycles. The fourth-order valence-corrected chi connectivity index (χ4v) is 3.61. The second-order valence-corrected chi connectivity index (χ2v) is 8.50. The Morgan fingerprint density at radius 1 is 0.769 bits per heavy atom. The van der Waals surface area contributed by atoms with E-state index in [0.717, 1.165) is 12.8 Å². The van der Waals surface area contributed by atoms with Crippen molar-refractivity contribution in [2.75, 3.05) is 5.75 Å². The van der Waals surface area contributed by atoms with Crippen molar-refractivity contribution < 1.29 is 17.7 Å². The van der Waals surface area contributed by atoms with E-state index in [0.29, 0.717) is 6.42 Å². The molecule has 0 aliphatic carbocycles. The van der Waals surface area contributed by atoms with Gasteiger partial charge in [0.2, 0.25) is 0 Å². The minimum Gasteiger partial charge on any atom is -0.286 e. The Morgan fingerprint density at radius 3 is 1.62 bits per heavy atom. The van der Waals surface area contributed by atoms with Gasteiger partial charge in [0.1, 0.15) is 0 Å². The van der Waals surface area contributed by atoms with Crippen LogP contribution in [-0.4, -0.2) is 18.7 Å². The molecule has 0 heterocycles. The van der Waals surface area contributed by atoms with Crippen molar-refractivity contribution in [3.63, 3.8) is 0 Å². The molecule has 2 rings (SSSR count). The molecule has 0 atom stereocenters.